The summed E-state index contributed by atoms with van der Waals surface area (Å²) in [6.07, 6.45) is 0.846. The van der Waals surface area contributed by atoms with Gasteiger partial charge in [-0.15, -0.1) is 0 Å². The fourth-order valence-corrected chi connectivity index (χ4v) is 2.11. The molecular weight excluding hydrogens is 317 g/mol. The largest absolute Gasteiger partial charge is 0.481 e. The number of carbonyl (C=O) groups is 1. The highest BCUT2D eigenvalue weighted by Gasteiger charge is 2.06. The van der Waals surface area contributed by atoms with Crippen LogP contribution in [-0.2, 0) is 4.79 Å². The van der Waals surface area contributed by atoms with Crippen molar-refractivity contribution in [3.63, 3.8) is 0 Å². The van der Waals surface area contributed by atoms with Gasteiger partial charge in [0, 0.05) is 21.7 Å². The average molecular weight is 333 g/mol. The fraction of sp³-hybridized carbons (Fsp3) is 0.417. The first-order valence-electron chi connectivity index (χ1n) is 5.23. The molecule has 0 saturated heterocycles. The molecule has 0 fully saturated rings. The summed E-state index contributed by atoms with van der Waals surface area (Å²) < 4.78 is 1.21. The number of rotatable bonds is 5. The van der Waals surface area contributed by atoms with Crippen LogP contribution in [0, 0.1) is 10.5 Å². The van der Waals surface area contributed by atoms with Gasteiger partial charge in [-0.2, -0.15) is 0 Å². The molecule has 0 heterocycles. The van der Waals surface area contributed by atoms with E-state index in [-0.39, 0.29) is 12.5 Å². The maximum absolute atomic E-state index is 10.4. The Morgan fingerprint density at radius 3 is 2.81 bits per heavy atom. The zero-order valence-electron chi connectivity index (χ0n) is 9.46. The lowest BCUT2D eigenvalue weighted by atomic mass is 10.1. The van der Waals surface area contributed by atoms with Crippen molar-refractivity contribution in [3.05, 3.63) is 27.3 Å². The molecule has 0 aliphatic carbocycles. The molecule has 1 atom stereocenters. The Kier molecular flexibility index (Phi) is 5.05. The van der Waals surface area contributed by atoms with Crippen LogP contribution in [0.5, 0.6) is 0 Å². The van der Waals surface area contributed by atoms with Crippen LogP contribution in [0.1, 0.15) is 25.3 Å². The molecule has 0 saturated carbocycles. The van der Waals surface area contributed by atoms with Crippen molar-refractivity contribution in [2.75, 3.05) is 5.32 Å². The van der Waals surface area contributed by atoms with E-state index >= 15 is 0 Å². The van der Waals surface area contributed by atoms with E-state index in [1.807, 2.05) is 19.1 Å². The summed E-state index contributed by atoms with van der Waals surface area (Å²) in [7, 11) is 0. The summed E-state index contributed by atoms with van der Waals surface area (Å²) in [6, 6.07) is 6.36. The quantitative estimate of drug-likeness (QED) is 0.813. The van der Waals surface area contributed by atoms with E-state index in [0.29, 0.717) is 6.42 Å². The number of carboxylic acids is 1. The second kappa shape index (κ2) is 6.08. The molecule has 1 aromatic rings. The Morgan fingerprint density at radius 1 is 1.56 bits per heavy atom. The van der Waals surface area contributed by atoms with Gasteiger partial charge >= 0.3 is 5.97 Å². The molecule has 88 valence electrons. The SMILES string of the molecule is Cc1cc(I)ccc1NC(C)CCC(=O)O. The van der Waals surface area contributed by atoms with Gasteiger partial charge in [-0.05, 0) is 66.6 Å². The third kappa shape index (κ3) is 4.38. The zero-order valence-corrected chi connectivity index (χ0v) is 11.6. The number of anilines is 1. The van der Waals surface area contributed by atoms with Crippen LogP contribution >= 0.6 is 22.6 Å². The van der Waals surface area contributed by atoms with E-state index in [2.05, 4.69) is 40.9 Å². The van der Waals surface area contributed by atoms with Crippen LogP contribution in [0.3, 0.4) is 0 Å². The molecule has 2 N–H and O–H groups in total. The Bertz CT molecular complexity index is 379. The first-order chi connectivity index (χ1) is 7.49. The van der Waals surface area contributed by atoms with E-state index < -0.39 is 5.97 Å². The minimum atomic E-state index is -0.743. The highest BCUT2D eigenvalue weighted by molar-refractivity contribution is 14.1. The number of nitrogens with one attached hydrogen (secondary N) is 1. The highest BCUT2D eigenvalue weighted by atomic mass is 127. The first kappa shape index (κ1) is 13.3. The molecule has 1 unspecified atom stereocenters. The van der Waals surface area contributed by atoms with Gasteiger partial charge in [-0.1, -0.05) is 0 Å². The molecule has 3 nitrogen and oxygen atoms in total. The molecule has 0 aliphatic rings. The van der Waals surface area contributed by atoms with Crippen LogP contribution in [0.25, 0.3) is 0 Å². The van der Waals surface area contributed by atoms with Gasteiger partial charge in [-0.3, -0.25) is 4.79 Å². The van der Waals surface area contributed by atoms with Crippen molar-refractivity contribution in [2.45, 2.75) is 32.7 Å². The van der Waals surface area contributed by atoms with E-state index in [1.165, 1.54) is 9.13 Å². The number of aliphatic carboxylic acids is 1. The van der Waals surface area contributed by atoms with Crippen molar-refractivity contribution in [1.29, 1.82) is 0 Å². The van der Waals surface area contributed by atoms with Gasteiger partial charge in [-0.25, -0.2) is 0 Å². The molecule has 0 spiro atoms. The molecule has 0 amide bonds. The van der Waals surface area contributed by atoms with Crippen molar-refractivity contribution in [1.82, 2.24) is 0 Å². The highest BCUT2D eigenvalue weighted by Crippen LogP contribution is 2.19. The molecule has 0 radical (unpaired) electrons. The normalized spacial score (nSPS) is 12.2. The van der Waals surface area contributed by atoms with Crippen molar-refractivity contribution in [2.24, 2.45) is 0 Å². The molecule has 4 heteroatoms. The van der Waals surface area contributed by atoms with Crippen LogP contribution in [0.4, 0.5) is 5.69 Å². The Labute approximate surface area is 109 Å². The van der Waals surface area contributed by atoms with E-state index in [4.69, 9.17) is 5.11 Å². The lowest BCUT2D eigenvalue weighted by Gasteiger charge is -2.16. The second-order valence-corrected chi connectivity index (χ2v) is 5.18. The number of hydrogen-bond acceptors (Lipinski definition) is 2. The predicted molar refractivity (Wildman–Crippen MR) is 73.9 cm³/mol. The second-order valence-electron chi connectivity index (χ2n) is 3.94. The van der Waals surface area contributed by atoms with Crippen molar-refractivity contribution >= 4 is 34.2 Å². The number of benzene rings is 1. The zero-order chi connectivity index (χ0) is 12.1. The van der Waals surface area contributed by atoms with Crippen LogP contribution in [0.2, 0.25) is 0 Å². The molecule has 1 aromatic carbocycles. The smallest absolute Gasteiger partial charge is 0.303 e. The monoisotopic (exact) mass is 333 g/mol. The molecule has 1 rings (SSSR count). The van der Waals surface area contributed by atoms with Gasteiger partial charge in [0.1, 0.15) is 0 Å². The molecule has 0 aromatic heterocycles. The Hall–Kier alpha value is -0.780. The van der Waals surface area contributed by atoms with E-state index in [9.17, 15) is 4.79 Å². The summed E-state index contributed by atoms with van der Waals surface area (Å²) in [5, 5.41) is 11.9. The lowest BCUT2D eigenvalue weighted by Crippen LogP contribution is -2.17. The van der Waals surface area contributed by atoms with E-state index in [0.717, 1.165) is 5.69 Å². The molecule has 0 bridgehead atoms. The van der Waals surface area contributed by atoms with Gasteiger partial charge < -0.3 is 10.4 Å². The van der Waals surface area contributed by atoms with Gasteiger partial charge in [0.05, 0.1) is 0 Å². The summed E-state index contributed by atoms with van der Waals surface area (Å²) in [5.41, 5.74) is 2.27. The molecule has 16 heavy (non-hydrogen) atoms. The maximum Gasteiger partial charge on any atom is 0.303 e. The number of hydrogen-bond donors (Lipinski definition) is 2. The third-order valence-corrected chi connectivity index (χ3v) is 3.05. The topological polar surface area (TPSA) is 49.3 Å². The minimum absolute atomic E-state index is 0.176. The van der Waals surface area contributed by atoms with E-state index in [1.54, 1.807) is 0 Å². The molecule has 0 aliphatic heterocycles. The van der Waals surface area contributed by atoms with Crippen LogP contribution < -0.4 is 5.32 Å². The first-order valence-corrected chi connectivity index (χ1v) is 6.31. The number of halogens is 1. The molecular formula is C12H16INO2. The minimum Gasteiger partial charge on any atom is -0.481 e. The van der Waals surface area contributed by atoms with Crippen molar-refractivity contribution < 1.29 is 9.90 Å². The summed E-state index contributed by atoms with van der Waals surface area (Å²) in [5.74, 6) is -0.743. The van der Waals surface area contributed by atoms with Crippen LogP contribution in [0.15, 0.2) is 18.2 Å². The van der Waals surface area contributed by atoms with Gasteiger partial charge in [0.15, 0.2) is 0 Å². The van der Waals surface area contributed by atoms with Gasteiger partial charge in [0.2, 0.25) is 0 Å². The Balaban J connectivity index is 2.55. The standard InChI is InChI=1S/C12H16INO2/c1-8-7-10(13)4-5-11(8)14-9(2)3-6-12(15)16/h4-5,7,9,14H,3,6H2,1-2H3,(H,15,16). The lowest BCUT2D eigenvalue weighted by molar-refractivity contribution is -0.137. The average Bonchev–Trinajstić information content (AvgIpc) is 2.19. The van der Waals surface area contributed by atoms with Crippen molar-refractivity contribution in [3.8, 4) is 0 Å². The maximum atomic E-state index is 10.4. The summed E-state index contributed by atoms with van der Waals surface area (Å²) >= 11 is 2.28. The summed E-state index contributed by atoms with van der Waals surface area (Å²) in [6.45, 7) is 4.05. The summed E-state index contributed by atoms with van der Waals surface area (Å²) in [4.78, 5) is 10.4. The number of carboxylic acid groups (broad SMARTS) is 1. The number of aryl methyl sites for hydroxylation is 1. The predicted octanol–water partition coefficient (Wildman–Crippen LogP) is 3.26. The van der Waals surface area contributed by atoms with Crippen LogP contribution in [-0.4, -0.2) is 17.1 Å². The Morgan fingerprint density at radius 2 is 2.25 bits per heavy atom. The van der Waals surface area contributed by atoms with Gasteiger partial charge in [0.25, 0.3) is 0 Å². The third-order valence-electron chi connectivity index (χ3n) is 2.38. The fourth-order valence-electron chi connectivity index (χ4n) is 1.47.